The van der Waals surface area contributed by atoms with Crippen molar-refractivity contribution in [1.82, 2.24) is 0 Å². The zero-order chi connectivity index (χ0) is 7.82. The van der Waals surface area contributed by atoms with E-state index in [1.54, 1.807) is 14.2 Å². The first-order valence-corrected chi connectivity index (χ1v) is 5.96. The summed E-state index contributed by atoms with van der Waals surface area (Å²) in [6.45, 7) is 0. The van der Waals surface area contributed by atoms with Crippen molar-refractivity contribution in [3.63, 3.8) is 0 Å². The van der Waals surface area contributed by atoms with Gasteiger partial charge in [-0.25, -0.2) is 0 Å². The van der Waals surface area contributed by atoms with E-state index in [1.165, 1.54) is 12.5 Å². The van der Waals surface area contributed by atoms with Crippen molar-refractivity contribution < 1.29 is 9.47 Å². The van der Waals surface area contributed by atoms with Gasteiger partial charge < -0.3 is 9.47 Å². The summed E-state index contributed by atoms with van der Waals surface area (Å²) in [7, 11) is 3.21. The van der Waals surface area contributed by atoms with Crippen LogP contribution in [0.5, 0.6) is 0 Å². The number of thiol groups is 1. The molecule has 0 saturated heterocycles. The third-order valence-corrected chi connectivity index (χ3v) is 3.74. The smallest absolute Gasteiger partial charge is 0.134 e. The number of methoxy groups -OCH3 is 2. The highest BCUT2D eigenvalue weighted by Gasteiger charge is 2.03. The summed E-state index contributed by atoms with van der Waals surface area (Å²) < 4.78 is 10.1. The van der Waals surface area contributed by atoms with Gasteiger partial charge in [0.1, 0.15) is 5.91 Å². The first kappa shape index (κ1) is 10.5. The fourth-order valence-corrected chi connectivity index (χ4v) is 2.74. The monoisotopic (exact) mass is 180 g/mol. The van der Waals surface area contributed by atoms with Crippen LogP contribution in [0.4, 0.5) is 0 Å². The lowest BCUT2D eigenvalue weighted by Crippen LogP contribution is -2.20. The molecule has 0 bridgehead atoms. The van der Waals surface area contributed by atoms with Crippen LogP contribution in [0, 0.1) is 0 Å². The summed E-state index contributed by atoms with van der Waals surface area (Å²) >= 11 is 4.12. The third-order valence-electron chi connectivity index (χ3n) is 1.37. The Morgan fingerprint density at radius 2 is 2.00 bits per heavy atom. The standard InChI is InChI=1S/C6H16O2SSi/c1-7-6(8-2)10-5-3-4-9/h6,9H,3-5,10H2,1-2H3. The lowest BCUT2D eigenvalue weighted by molar-refractivity contribution is -0.0441. The third kappa shape index (κ3) is 5.29. The van der Waals surface area contributed by atoms with Gasteiger partial charge in [-0.1, -0.05) is 6.04 Å². The quantitative estimate of drug-likeness (QED) is 0.277. The molecule has 0 aliphatic rings. The Kier molecular flexibility index (Phi) is 7.96. The molecule has 0 heterocycles. The average molecular weight is 180 g/mol. The number of ether oxygens (including phenoxy) is 2. The van der Waals surface area contributed by atoms with E-state index in [9.17, 15) is 0 Å². The molecule has 62 valence electrons. The maximum atomic E-state index is 5.06. The molecule has 0 aromatic heterocycles. The second kappa shape index (κ2) is 7.59. The van der Waals surface area contributed by atoms with Gasteiger partial charge in [-0.15, -0.1) is 0 Å². The van der Waals surface area contributed by atoms with Crippen LogP contribution in [0.1, 0.15) is 6.42 Å². The Labute approximate surface area is 70.5 Å². The van der Waals surface area contributed by atoms with Gasteiger partial charge in [0.2, 0.25) is 0 Å². The van der Waals surface area contributed by atoms with Gasteiger partial charge in [-0.05, 0) is 12.2 Å². The molecule has 4 heteroatoms. The van der Waals surface area contributed by atoms with Gasteiger partial charge in [0.15, 0.2) is 0 Å². The molecular weight excluding hydrogens is 164 g/mol. The van der Waals surface area contributed by atoms with Crippen molar-refractivity contribution in [1.29, 1.82) is 0 Å². The maximum absolute atomic E-state index is 5.06. The minimum absolute atomic E-state index is 0.111. The summed E-state index contributed by atoms with van der Waals surface area (Å²) in [5.74, 6) is 1.09. The molecule has 0 spiro atoms. The zero-order valence-electron chi connectivity index (χ0n) is 6.67. The summed E-state index contributed by atoms with van der Waals surface area (Å²) in [6.07, 6.45) is 1.19. The highest BCUT2D eigenvalue weighted by molar-refractivity contribution is 7.80. The van der Waals surface area contributed by atoms with Crippen LogP contribution >= 0.6 is 12.6 Å². The molecule has 0 atom stereocenters. The van der Waals surface area contributed by atoms with Gasteiger partial charge in [-0.3, -0.25) is 0 Å². The van der Waals surface area contributed by atoms with Crippen molar-refractivity contribution in [2.75, 3.05) is 20.0 Å². The Morgan fingerprint density at radius 3 is 2.40 bits per heavy atom. The topological polar surface area (TPSA) is 18.5 Å². The van der Waals surface area contributed by atoms with Crippen molar-refractivity contribution in [2.24, 2.45) is 0 Å². The second-order valence-electron chi connectivity index (χ2n) is 2.12. The van der Waals surface area contributed by atoms with E-state index in [1.807, 2.05) is 0 Å². The predicted octanol–water partition coefficient (Wildman–Crippen LogP) is 0.470. The first-order valence-electron chi connectivity index (χ1n) is 3.51. The average Bonchev–Trinajstić information content (AvgIpc) is 1.99. The van der Waals surface area contributed by atoms with Crippen LogP contribution < -0.4 is 0 Å². The molecule has 0 rings (SSSR count). The largest absolute Gasteiger partial charge is 0.360 e. The lowest BCUT2D eigenvalue weighted by Gasteiger charge is -2.11. The van der Waals surface area contributed by atoms with Crippen molar-refractivity contribution >= 4 is 22.1 Å². The molecule has 2 nitrogen and oxygen atoms in total. The van der Waals surface area contributed by atoms with E-state index >= 15 is 0 Å². The molecule has 0 aromatic rings. The van der Waals surface area contributed by atoms with E-state index in [4.69, 9.17) is 9.47 Å². The molecule has 0 amide bonds. The Morgan fingerprint density at radius 1 is 1.40 bits per heavy atom. The molecule has 0 radical (unpaired) electrons. The van der Waals surface area contributed by atoms with Crippen LogP contribution in [-0.2, 0) is 9.47 Å². The lowest BCUT2D eigenvalue weighted by atomic mass is 10.6. The second-order valence-corrected chi connectivity index (χ2v) is 4.52. The number of hydrogen-bond acceptors (Lipinski definition) is 3. The van der Waals surface area contributed by atoms with Crippen LogP contribution in [-0.4, -0.2) is 35.4 Å². The summed E-state index contributed by atoms with van der Waals surface area (Å²) in [6, 6.07) is 1.26. The van der Waals surface area contributed by atoms with Gasteiger partial charge in [0.25, 0.3) is 0 Å². The Hall–Kier alpha value is 0.487. The summed E-state index contributed by atoms with van der Waals surface area (Å²) in [4.78, 5) is 0. The maximum Gasteiger partial charge on any atom is 0.134 e. The highest BCUT2D eigenvalue weighted by Crippen LogP contribution is 1.96. The van der Waals surface area contributed by atoms with E-state index in [-0.39, 0.29) is 15.4 Å². The molecule has 0 unspecified atom stereocenters. The molecular formula is C6H16O2SSi. The van der Waals surface area contributed by atoms with Crippen molar-refractivity contribution in [3.8, 4) is 0 Å². The highest BCUT2D eigenvalue weighted by atomic mass is 32.1. The summed E-state index contributed by atoms with van der Waals surface area (Å²) in [5.41, 5.74) is 0. The fraction of sp³-hybridized carbons (Fsp3) is 1.00. The van der Waals surface area contributed by atoms with E-state index in [0.717, 1.165) is 5.75 Å². The Bertz CT molecular complexity index is 68.8. The van der Waals surface area contributed by atoms with Gasteiger partial charge in [-0.2, -0.15) is 12.6 Å². The molecule has 0 N–H and O–H groups in total. The first-order chi connectivity index (χ1) is 4.85. The van der Waals surface area contributed by atoms with Crippen LogP contribution in [0.15, 0.2) is 0 Å². The summed E-state index contributed by atoms with van der Waals surface area (Å²) in [5, 5.41) is 0. The van der Waals surface area contributed by atoms with Crippen LogP contribution in [0.3, 0.4) is 0 Å². The molecule has 0 saturated carbocycles. The molecule has 0 aliphatic carbocycles. The van der Waals surface area contributed by atoms with Crippen LogP contribution in [0.25, 0.3) is 0 Å². The van der Waals surface area contributed by atoms with E-state index in [2.05, 4.69) is 12.6 Å². The minimum Gasteiger partial charge on any atom is -0.360 e. The van der Waals surface area contributed by atoms with E-state index < -0.39 is 0 Å². The van der Waals surface area contributed by atoms with Gasteiger partial charge in [0, 0.05) is 14.2 Å². The zero-order valence-corrected chi connectivity index (χ0v) is 8.98. The van der Waals surface area contributed by atoms with Gasteiger partial charge >= 0.3 is 0 Å². The van der Waals surface area contributed by atoms with Gasteiger partial charge in [0.05, 0.1) is 9.52 Å². The number of rotatable bonds is 6. The molecule has 0 aliphatic heterocycles. The fourth-order valence-electron chi connectivity index (χ4n) is 0.755. The normalized spacial score (nSPS) is 12.0. The van der Waals surface area contributed by atoms with Crippen LogP contribution in [0.2, 0.25) is 6.04 Å². The van der Waals surface area contributed by atoms with Crippen molar-refractivity contribution in [2.45, 2.75) is 18.4 Å². The van der Waals surface area contributed by atoms with Crippen molar-refractivity contribution in [3.05, 3.63) is 0 Å². The SMILES string of the molecule is COC(OC)[SiH2]CCCS. The number of hydrogen-bond donors (Lipinski definition) is 1. The molecule has 10 heavy (non-hydrogen) atoms. The van der Waals surface area contributed by atoms with E-state index in [0.29, 0.717) is 0 Å². The molecule has 0 fully saturated rings. The predicted molar refractivity (Wildman–Crippen MR) is 49.6 cm³/mol. The Balaban J connectivity index is 3.09. The molecule has 0 aromatic carbocycles. The minimum atomic E-state index is -0.179.